The summed E-state index contributed by atoms with van der Waals surface area (Å²) >= 11 is 0. The molecule has 0 N–H and O–H groups in total. The fourth-order valence-electron chi connectivity index (χ4n) is 3.14. The highest BCUT2D eigenvalue weighted by Crippen LogP contribution is 2.38. The smallest absolute Gasteiger partial charge is 0.222 e. The van der Waals surface area contributed by atoms with E-state index in [4.69, 9.17) is 9.15 Å². The third-order valence-electron chi connectivity index (χ3n) is 4.36. The molecule has 0 radical (unpaired) electrons. The molecule has 1 spiro atoms. The number of hydrogen-bond donors (Lipinski definition) is 0. The largest absolute Gasteiger partial charge is 0.466 e. The van der Waals surface area contributed by atoms with E-state index < -0.39 is 0 Å². The Balaban J connectivity index is 1.60. The van der Waals surface area contributed by atoms with E-state index in [1.165, 1.54) is 0 Å². The lowest BCUT2D eigenvalue weighted by Crippen LogP contribution is -2.47. The summed E-state index contributed by atoms with van der Waals surface area (Å²) in [5.41, 5.74) is 0.229. The normalized spacial score (nSPS) is 27.4. The third-order valence-corrected chi connectivity index (χ3v) is 4.36. The van der Waals surface area contributed by atoms with E-state index in [0.717, 1.165) is 57.1 Å². The molecule has 0 aromatic carbocycles. The third kappa shape index (κ3) is 2.68. The number of ether oxygens (including phenoxy) is 1. The maximum absolute atomic E-state index is 12.0. The number of likely N-dealkylation sites (tertiary alicyclic amines) is 1. The van der Waals surface area contributed by atoms with Crippen molar-refractivity contribution >= 4 is 5.91 Å². The van der Waals surface area contributed by atoms with Gasteiger partial charge in [-0.3, -0.25) is 4.79 Å². The number of amides is 1. The fourth-order valence-corrected chi connectivity index (χ4v) is 3.14. The number of aryl methyl sites for hydroxylation is 1. The summed E-state index contributed by atoms with van der Waals surface area (Å²) in [6.07, 6.45) is 3.55. The highest BCUT2D eigenvalue weighted by Gasteiger charge is 2.41. The molecule has 1 amide bonds. The first-order chi connectivity index (χ1) is 9.17. The number of piperidine rings is 1. The quantitative estimate of drug-likeness (QED) is 0.839. The van der Waals surface area contributed by atoms with Gasteiger partial charge in [0.05, 0.1) is 6.61 Å². The van der Waals surface area contributed by atoms with Crippen molar-refractivity contribution in [1.29, 1.82) is 0 Å². The molecule has 0 unspecified atom stereocenters. The second kappa shape index (κ2) is 5.00. The van der Waals surface area contributed by atoms with Crippen LogP contribution in [-0.4, -0.2) is 37.1 Å². The van der Waals surface area contributed by atoms with Crippen molar-refractivity contribution in [2.24, 2.45) is 5.41 Å². The molecule has 3 rings (SSSR count). The standard InChI is InChI=1S/C15H21NO3/c1-12-2-3-13(19-12)5-8-16-10-15(6-4-14(16)17)7-9-18-11-15/h2-3H,4-11H2,1H3/t15-/m1/s1. The maximum atomic E-state index is 12.0. The molecule has 1 aromatic heterocycles. The molecular weight excluding hydrogens is 242 g/mol. The zero-order valence-corrected chi connectivity index (χ0v) is 11.5. The molecule has 0 saturated carbocycles. The summed E-state index contributed by atoms with van der Waals surface area (Å²) in [5, 5.41) is 0. The lowest BCUT2D eigenvalue weighted by molar-refractivity contribution is -0.137. The van der Waals surface area contributed by atoms with Gasteiger partial charge in [-0.05, 0) is 31.9 Å². The number of carbonyl (C=O) groups excluding carboxylic acids is 1. The average Bonchev–Trinajstić information content (AvgIpc) is 3.01. The van der Waals surface area contributed by atoms with E-state index in [1.807, 2.05) is 24.0 Å². The topological polar surface area (TPSA) is 42.7 Å². The molecule has 4 heteroatoms. The van der Waals surface area contributed by atoms with Gasteiger partial charge in [-0.1, -0.05) is 0 Å². The first-order valence-corrected chi connectivity index (χ1v) is 7.08. The van der Waals surface area contributed by atoms with Crippen LogP contribution in [0.1, 0.15) is 30.8 Å². The van der Waals surface area contributed by atoms with Crippen LogP contribution >= 0.6 is 0 Å². The minimum atomic E-state index is 0.229. The van der Waals surface area contributed by atoms with Crippen LogP contribution in [0.25, 0.3) is 0 Å². The lowest BCUT2D eigenvalue weighted by Gasteiger charge is -2.39. The molecule has 2 aliphatic heterocycles. The summed E-state index contributed by atoms with van der Waals surface area (Å²) in [5.74, 6) is 2.18. The SMILES string of the molecule is Cc1ccc(CCN2C[C@]3(CCOC3)CCC2=O)o1. The minimum Gasteiger partial charge on any atom is -0.466 e. The van der Waals surface area contributed by atoms with Gasteiger partial charge in [0.2, 0.25) is 5.91 Å². The lowest BCUT2D eigenvalue weighted by atomic mass is 9.79. The molecule has 0 aliphatic carbocycles. The van der Waals surface area contributed by atoms with Gasteiger partial charge in [-0.15, -0.1) is 0 Å². The van der Waals surface area contributed by atoms with Gasteiger partial charge in [-0.25, -0.2) is 0 Å². The Hall–Kier alpha value is -1.29. The molecule has 2 saturated heterocycles. The molecule has 104 valence electrons. The van der Waals surface area contributed by atoms with Crippen LogP contribution in [0.4, 0.5) is 0 Å². The van der Waals surface area contributed by atoms with Gasteiger partial charge < -0.3 is 14.1 Å². The van der Waals surface area contributed by atoms with Gasteiger partial charge in [-0.2, -0.15) is 0 Å². The Labute approximate surface area is 113 Å². The van der Waals surface area contributed by atoms with Crippen LogP contribution < -0.4 is 0 Å². The van der Waals surface area contributed by atoms with E-state index in [0.29, 0.717) is 6.42 Å². The first-order valence-electron chi connectivity index (χ1n) is 7.08. The molecule has 2 aliphatic rings. The Bertz CT molecular complexity index is 460. The number of hydrogen-bond acceptors (Lipinski definition) is 3. The van der Waals surface area contributed by atoms with Crippen molar-refractivity contribution < 1.29 is 13.9 Å². The van der Waals surface area contributed by atoms with Crippen molar-refractivity contribution in [2.45, 2.75) is 32.6 Å². The molecular formula is C15H21NO3. The number of carbonyl (C=O) groups is 1. The van der Waals surface area contributed by atoms with E-state index in [-0.39, 0.29) is 11.3 Å². The van der Waals surface area contributed by atoms with E-state index in [9.17, 15) is 4.79 Å². The summed E-state index contributed by atoms with van der Waals surface area (Å²) in [6, 6.07) is 3.97. The second-order valence-corrected chi connectivity index (χ2v) is 5.88. The van der Waals surface area contributed by atoms with Crippen LogP contribution in [0.3, 0.4) is 0 Å². The Morgan fingerprint density at radius 1 is 1.37 bits per heavy atom. The van der Waals surface area contributed by atoms with Crippen LogP contribution in [0.15, 0.2) is 16.5 Å². The Morgan fingerprint density at radius 2 is 2.26 bits per heavy atom. The van der Waals surface area contributed by atoms with Crippen LogP contribution in [0.2, 0.25) is 0 Å². The molecule has 1 atom stereocenters. The molecule has 4 nitrogen and oxygen atoms in total. The van der Waals surface area contributed by atoms with E-state index >= 15 is 0 Å². The van der Waals surface area contributed by atoms with Crippen molar-refractivity contribution in [3.63, 3.8) is 0 Å². The van der Waals surface area contributed by atoms with E-state index in [1.54, 1.807) is 0 Å². The number of rotatable bonds is 3. The van der Waals surface area contributed by atoms with Crippen LogP contribution in [-0.2, 0) is 16.0 Å². The molecule has 19 heavy (non-hydrogen) atoms. The second-order valence-electron chi connectivity index (χ2n) is 5.88. The van der Waals surface area contributed by atoms with Crippen LogP contribution in [0.5, 0.6) is 0 Å². The van der Waals surface area contributed by atoms with Gasteiger partial charge in [0, 0.05) is 38.0 Å². The van der Waals surface area contributed by atoms with E-state index in [2.05, 4.69) is 0 Å². The van der Waals surface area contributed by atoms with Crippen molar-refractivity contribution in [3.05, 3.63) is 23.7 Å². The predicted molar refractivity (Wildman–Crippen MR) is 70.8 cm³/mol. The summed E-state index contributed by atoms with van der Waals surface area (Å²) in [4.78, 5) is 14.0. The molecule has 3 heterocycles. The summed E-state index contributed by atoms with van der Waals surface area (Å²) in [7, 11) is 0. The van der Waals surface area contributed by atoms with Gasteiger partial charge in [0.15, 0.2) is 0 Å². The molecule has 1 aromatic rings. The summed E-state index contributed by atoms with van der Waals surface area (Å²) < 4.78 is 11.1. The summed E-state index contributed by atoms with van der Waals surface area (Å²) in [6.45, 7) is 5.22. The number of furan rings is 1. The predicted octanol–water partition coefficient (Wildman–Crippen LogP) is 2.16. The van der Waals surface area contributed by atoms with Gasteiger partial charge >= 0.3 is 0 Å². The zero-order chi connectivity index (χ0) is 13.3. The highest BCUT2D eigenvalue weighted by molar-refractivity contribution is 5.77. The molecule has 2 fully saturated rings. The van der Waals surface area contributed by atoms with Gasteiger partial charge in [0.25, 0.3) is 0 Å². The van der Waals surface area contributed by atoms with Crippen LogP contribution in [0, 0.1) is 12.3 Å². The monoisotopic (exact) mass is 263 g/mol. The van der Waals surface area contributed by atoms with Gasteiger partial charge in [0.1, 0.15) is 11.5 Å². The Morgan fingerprint density at radius 3 is 2.95 bits per heavy atom. The zero-order valence-electron chi connectivity index (χ0n) is 11.5. The number of nitrogens with zero attached hydrogens (tertiary/aromatic N) is 1. The average molecular weight is 263 g/mol. The van der Waals surface area contributed by atoms with Crippen molar-refractivity contribution in [1.82, 2.24) is 4.90 Å². The fraction of sp³-hybridized carbons (Fsp3) is 0.667. The van der Waals surface area contributed by atoms with Crippen molar-refractivity contribution in [3.8, 4) is 0 Å². The minimum absolute atomic E-state index is 0.229. The highest BCUT2D eigenvalue weighted by atomic mass is 16.5. The molecule has 0 bridgehead atoms. The van der Waals surface area contributed by atoms with Crippen molar-refractivity contribution in [2.75, 3.05) is 26.3 Å². The maximum Gasteiger partial charge on any atom is 0.222 e. The first kappa shape index (κ1) is 12.7. The Kier molecular flexibility index (Phi) is 3.35.